The van der Waals surface area contributed by atoms with E-state index < -0.39 is 0 Å². The first kappa shape index (κ1) is 22.1. The molecule has 1 aliphatic rings. The van der Waals surface area contributed by atoms with Crippen molar-refractivity contribution in [2.75, 3.05) is 39.5 Å². The third kappa shape index (κ3) is 5.97. The van der Waals surface area contributed by atoms with Crippen LogP contribution in [0.15, 0.2) is 42.5 Å². The molecular formula is C24H32N2O4. The van der Waals surface area contributed by atoms with Gasteiger partial charge in [0.2, 0.25) is 0 Å². The lowest BCUT2D eigenvalue weighted by Crippen LogP contribution is -2.35. The van der Waals surface area contributed by atoms with Crippen LogP contribution in [0.4, 0.5) is 0 Å². The van der Waals surface area contributed by atoms with E-state index in [9.17, 15) is 4.79 Å². The Morgan fingerprint density at radius 3 is 2.53 bits per heavy atom. The van der Waals surface area contributed by atoms with E-state index in [-0.39, 0.29) is 11.9 Å². The van der Waals surface area contributed by atoms with Gasteiger partial charge in [0.25, 0.3) is 5.91 Å². The van der Waals surface area contributed by atoms with Crippen molar-refractivity contribution in [1.29, 1.82) is 0 Å². The van der Waals surface area contributed by atoms with Gasteiger partial charge in [0.1, 0.15) is 0 Å². The van der Waals surface area contributed by atoms with Crippen LogP contribution in [0.5, 0.6) is 11.5 Å². The van der Waals surface area contributed by atoms with Gasteiger partial charge in [0.05, 0.1) is 32.5 Å². The zero-order chi connectivity index (χ0) is 21.3. The first-order valence-electron chi connectivity index (χ1n) is 10.7. The summed E-state index contributed by atoms with van der Waals surface area (Å²) in [4.78, 5) is 15.2. The summed E-state index contributed by atoms with van der Waals surface area (Å²) in [7, 11) is 0. The summed E-state index contributed by atoms with van der Waals surface area (Å²) in [5.74, 6) is 1.33. The van der Waals surface area contributed by atoms with Crippen molar-refractivity contribution in [1.82, 2.24) is 10.2 Å². The molecule has 0 unspecified atom stereocenters. The fourth-order valence-corrected chi connectivity index (χ4v) is 3.53. The second kappa shape index (κ2) is 11.0. The van der Waals surface area contributed by atoms with Crippen LogP contribution in [-0.2, 0) is 11.3 Å². The molecule has 0 bridgehead atoms. The molecule has 0 radical (unpaired) electrons. The quantitative estimate of drug-likeness (QED) is 0.679. The number of carbonyl (C=O) groups is 1. The SMILES string of the molecule is CCOc1ccc([C@@H](C)NC(=O)c2cccc(CN3CCOCC3)c2)cc1OCC. The molecule has 1 amide bonds. The van der Waals surface area contributed by atoms with Gasteiger partial charge >= 0.3 is 0 Å². The van der Waals surface area contributed by atoms with Crippen LogP contribution in [-0.4, -0.2) is 50.3 Å². The molecule has 0 saturated carbocycles. The van der Waals surface area contributed by atoms with E-state index in [1.807, 2.05) is 57.2 Å². The van der Waals surface area contributed by atoms with E-state index in [0.29, 0.717) is 24.5 Å². The van der Waals surface area contributed by atoms with Crippen molar-refractivity contribution < 1.29 is 19.0 Å². The number of ether oxygens (including phenoxy) is 3. The Morgan fingerprint density at radius 1 is 1.07 bits per heavy atom. The molecule has 1 atom stereocenters. The molecule has 1 aliphatic heterocycles. The number of morpholine rings is 1. The molecular weight excluding hydrogens is 380 g/mol. The van der Waals surface area contributed by atoms with Crippen LogP contribution in [0.1, 0.15) is 48.3 Å². The van der Waals surface area contributed by atoms with Crippen LogP contribution in [0, 0.1) is 0 Å². The van der Waals surface area contributed by atoms with Gasteiger partial charge < -0.3 is 19.5 Å². The first-order valence-corrected chi connectivity index (χ1v) is 10.7. The van der Waals surface area contributed by atoms with Crippen LogP contribution in [0.2, 0.25) is 0 Å². The van der Waals surface area contributed by atoms with Gasteiger partial charge in [-0.2, -0.15) is 0 Å². The summed E-state index contributed by atoms with van der Waals surface area (Å²) in [5.41, 5.74) is 2.78. The van der Waals surface area contributed by atoms with E-state index >= 15 is 0 Å². The highest BCUT2D eigenvalue weighted by molar-refractivity contribution is 5.94. The molecule has 3 rings (SSSR count). The number of benzene rings is 2. The third-order valence-corrected chi connectivity index (χ3v) is 5.11. The Bertz CT molecular complexity index is 834. The van der Waals surface area contributed by atoms with Crippen molar-refractivity contribution in [3.63, 3.8) is 0 Å². The Hall–Kier alpha value is -2.57. The molecule has 1 N–H and O–H groups in total. The van der Waals surface area contributed by atoms with Gasteiger partial charge in [-0.05, 0) is 56.2 Å². The molecule has 2 aromatic carbocycles. The summed E-state index contributed by atoms with van der Waals surface area (Å²) in [6.07, 6.45) is 0. The molecule has 162 valence electrons. The summed E-state index contributed by atoms with van der Waals surface area (Å²) >= 11 is 0. The monoisotopic (exact) mass is 412 g/mol. The Labute approximate surface area is 179 Å². The first-order chi connectivity index (χ1) is 14.6. The summed E-state index contributed by atoms with van der Waals surface area (Å²) in [6, 6.07) is 13.5. The third-order valence-electron chi connectivity index (χ3n) is 5.11. The van der Waals surface area contributed by atoms with Gasteiger partial charge in [-0.15, -0.1) is 0 Å². The predicted octanol–water partition coefficient (Wildman–Crippen LogP) is 3.81. The maximum Gasteiger partial charge on any atom is 0.251 e. The molecule has 2 aromatic rings. The molecule has 1 fully saturated rings. The van der Waals surface area contributed by atoms with Crippen molar-refractivity contribution in [2.24, 2.45) is 0 Å². The van der Waals surface area contributed by atoms with Gasteiger partial charge in [-0.25, -0.2) is 0 Å². The second-order valence-electron chi connectivity index (χ2n) is 7.36. The lowest BCUT2D eigenvalue weighted by molar-refractivity contribution is 0.0342. The van der Waals surface area contributed by atoms with Crippen LogP contribution in [0.25, 0.3) is 0 Å². The molecule has 0 aliphatic carbocycles. The maximum atomic E-state index is 12.9. The van der Waals surface area contributed by atoms with E-state index in [1.165, 1.54) is 0 Å². The molecule has 1 saturated heterocycles. The maximum absolute atomic E-state index is 12.9. The number of carbonyl (C=O) groups excluding carboxylic acids is 1. The summed E-state index contributed by atoms with van der Waals surface area (Å²) < 4.78 is 16.7. The number of nitrogens with zero attached hydrogens (tertiary/aromatic N) is 1. The standard InChI is InChI=1S/C24H32N2O4/c1-4-29-22-10-9-20(16-23(22)30-5-2)18(3)25-24(27)21-8-6-7-19(15-21)17-26-11-13-28-14-12-26/h6-10,15-16,18H,4-5,11-14,17H2,1-3H3,(H,25,27)/t18-/m1/s1. The minimum absolute atomic E-state index is 0.0850. The lowest BCUT2D eigenvalue weighted by Gasteiger charge is -2.26. The van der Waals surface area contributed by atoms with Crippen molar-refractivity contribution in [3.8, 4) is 11.5 Å². The number of nitrogens with one attached hydrogen (secondary N) is 1. The number of hydrogen-bond acceptors (Lipinski definition) is 5. The Morgan fingerprint density at radius 2 is 1.80 bits per heavy atom. The minimum Gasteiger partial charge on any atom is -0.490 e. The second-order valence-corrected chi connectivity index (χ2v) is 7.36. The van der Waals surface area contributed by atoms with Gasteiger partial charge in [-0.1, -0.05) is 18.2 Å². The average Bonchev–Trinajstić information content (AvgIpc) is 2.76. The molecule has 30 heavy (non-hydrogen) atoms. The van der Waals surface area contributed by atoms with E-state index in [0.717, 1.165) is 49.7 Å². The Kier molecular flexibility index (Phi) is 8.11. The largest absolute Gasteiger partial charge is 0.490 e. The molecule has 6 nitrogen and oxygen atoms in total. The summed E-state index contributed by atoms with van der Waals surface area (Å²) in [5, 5.41) is 3.10. The number of hydrogen-bond donors (Lipinski definition) is 1. The zero-order valence-corrected chi connectivity index (χ0v) is 18.1. The molecule has 0 aromatic heterocycles. The van der Waals surface area contributed by atoms with Crippen molar-refractivity contribution in [3.05, 3.63) is 59.2 Å². The van der Waals surface area contributed by atoms with E-state index in [2.05, 4.69) is 16.3 Å². The highest BCUT2D eigenvalue weighted by Gasteiger charge is 2.16. The van der Waals surface area contributed by atoms with Gasteiger partial charge in [0.15, 0.2) is 11.5 Å². The average molecular weight is 413 g/mol. The Balaban J connectivity index is 1.66. The van der Waals surface area contributed by atoms with E-state index in [1.54, 1.807) is 0 Å². The number of rotatable bonds is 9. The summed E-state index contributed by atoms with van der Waals surface area (Å²) in [6.45, 7) is 11.2. The minimum atomic E-state index is -0.157. The van der Waals surface area contributed by atoms with Crippen molar-refractivity contribution >= 4 is 5.91 Å². The normalized spacial score (nSPS) is 15.4. The lowest BCUT2D eigenvalue weighted by atomic mass is 10.1. The van der Waals surface area contributed by atoms with Crippen LogP contribution < -0.4 is 14.8 Å². The molecule has 6 heteroatoms. The predicted molar refractivity (Wildman–Crippen MR) is 117 cm³/mol. The highest BCUT2D eigenvalue weighted by atomic mass is 16.5. The fourth-order valence-electron chi connectivity index (χ4n) is 3.53. The van der Waals surface area contributed by atoms with Crippen molar-refractivity contribution in [2.45, 2.75) is 33.4 Å². The van der Waals surface area contributed by atoms with E-state index in [4.69, 9.17) is 14.2 Å². The van der Waals surface area contributed by atoms with Crippen LogP contribution >= 0.6 is 0 Å². The van der Waals surface area contributed by atoms with Crippen LogP contribution in [0.3, 0.4) is 0 Å². The molecule has 0 spiro atoms. The highest BCUT2D eigenvalue weighted by Crippen LogP contribution is 2.30. The van der Waals surface area contributed by atoms with Gasteiger partial charge in [0, 0.05) is 25.2 Å². The smallest absolute Gasteiger partial charge is 0.251 e. The zero-order valence-electron chi connectivity index (χ0n) is 18.1. The topological polar surface area (TPSA) is 60.0 Å². The fraction of sp³-hybridized carbons (Fsp3) is 0.458. The van der Waals surface area contributed by atoms with Gasteiger partial charge in [-0.3, -0.25) is 9.69 Å². The number of amides is 1. The molecule has 1 heterocycles.